The van der Waals surface area contributed by atoms with Gasteiger partial charge >= 0.3 is 10.9 Å². The van der Waals surface area contributed by atoms with E-state index in [0.29, 0.717) is 0 Å². The number of carbonyl (C=O) groups excluding carboxylic acids is 2. The first-order chi connectivity index (χ1) is 7.58. The van der Waals surface area contributed by atoms with Crippen LogP contribution in [0.15, 0.2) is 0 Å². The van der Waals surface area contributed by atoms with Crippen LogP contribution in [0.25, 0.3) is 0 Å². The Morgan fingerprint density at radius 1 is 0.938 bits per heavy atom. The third-order valence-corrected chi connectivity index (χ3v) is 2.63. The van der Waals surface area contributed by atoms with Gasteiger partial charge in [-0.15, -0.1) is 0 Å². The lowest BCUT2D eigenvalue weighted by molar-refractivity contribution is -0.00291. The number of carbonyl (C=O) groups is 2. The Labute approximate surface area is 101 Å². The van der Waals surface area contributed by atoms with E-state index in [0.717, 1.165) is 0 Å². The molecule has 0 aromatic carbocycles. The number of hydrogen-bond donors (Lipinski definition) is 0. The molecule has 4 atom stereocenters. The van der Waals surface area contributed by atoms with Crippen LogP contribution in [0.1, 0.15) is 0 Å². The van der Waals surface area contributed by atoms with Gasteiger partial charge in [-0.2, -0.15) is 0 Å². The number of halogens is 2. The molecule has 0 aliphatic carbocycles. The van der Waals surface area contributed by atoms with Crippen molar-refractivity contribution < 1.29 is 28.5 Å². The molecule has 90 valence electrons. The molecule has 0 bridgehead atoms. The van der Waals surface area contributed by atoms with Gasteiger partial charge in [0, 0.05) is 23.2 Å². The summed E-state index contributed by atoms with van der Waals surface area (Å²) >= 11 is 10.2. The summed E-state index contributed by atoms with van der Waals surface area (Å²) in [5, 5.41) is 0. The van der Waals surface area contributed by atoms with E-state index in [-0.39, 0.29) is 13.2 Å². The van der Waals surface area contributed by atoms with Gasteiger partial charge in [0.1, 0.15) is 12.2 Å². The number of hydrogen-bond acceptors (Lipinski definition) is 6. The first-order valence-corrected chi connectivity index (χ1v) is 5.29. The second-order valence-corrected chi connectivity index (χ2v) is 4.00. The third-order valence-electron chi connectivity index (χ3n) is 2.45. The summed E-state index contributed by atoms with van der Waals surface area (Å²) in [6.45, 7) is 0.314. The fourth-order valence-corrected chi connectivity index (χ4v) is 2.10. The van der Waals surface area contributed by atoms with Crippen LogP contribution in [0.4, 0.5) is 9.59 Å². The molecule has 0 saturated carbocycles. The van der Waals surface area contributed by atoms with E-state index >= 15 is 0 Å². The predicted molar refractivity (Wildman–Crippen MR) is 51.7 cm³/mol. The van der Waals surface area contributed by atoms with Gasteiger partial charge in [0.2, 0.25) is 0 Å². The summed E-state index contributed by atoms with van der Waals surface area (Å²) in [5.41, 5.74) is -1.84. The van der Waals surface area contributed by atoms with Crippen molar-refractivity contribution in [2.75, 3.05) is 13.2 Å². The SMILES string of the molecule is O=C(Cl)O[C@@H]1CO[C@H]2[C@H]1OC[C@H]2OC(=O)Cl. The van der Waals surface area contributed by atoms with Crippen molar-refractivity contribution in [1.82, 2.24) is 0 Å². The summed E-state index contributed by atoms with van der Waals surface area (Å²) < 4.78 is 20.2. The van der Waals surface area contributed by atoms with E-state index in [9.17, 15) is 9.59 Å². The Morgan fingerprint density at radius 2 is 1.31 bits per heavy atom. The summed E-state index contributed by atoms with van der Waals surface area (Å²) in [5.74, 6) is 0. The zero-order valence-corrected chi connectivity index (χ0v) is 9.44. The fraction of sp³-hybridized carbons (Fsp3) is 0.750. The van der Waals surface area contributed by atoms with Gasteiger partial charge in [-0.1, -0.05) is 0 Å². The highest BCUT2D eigenvalue weighted by molar-refractivity contribution is 6.61. The summed E-state index contributed by atoms with van der Waals surface area (Å²) in [6.07, 6.45) is -2.09. The Balaban J connectivity index is 1.95. The molecule has 2 saturated heterocycles. The van der Waals surface area contributed by atoms with Crippen LogP contribution in [-0.4, -0.2) is 48.5 Å². The molecule has 8 heteroatoms. The molecule has 2 aliphatic rings. The molecule has 0 spiro atoms. The Hall–Kier alpha value is -0.560. The number of rotatable bonds is 2. The Morgan fingerprint density at radius 3 is 1.62 bits per heavy atom. The molecular formula is C8H8Cl2O6. The third kappa shape index (κ3) is 2.40. The van der Waals surface area contributed by atoms with E-state index < -0.39 is 35.3 Å². The molecule has 0 radical (unpaired) electrons. The maximum atomic E-state index is 10.6. The Kier molecular flexibility index (Phi) is 3.53. The molecule has 6 nitrogen and oxygen atoms in total. The van der Waals surface area contributed by atoms with Crippen molar-refractivity contribution in [3.8, 4) is 0 Å². The number of ether oxygens (including phenoxy) is 4. The van der Waals surface area contributed by atoms with Gasteiger partial charge in [-0.05, 0) is 0 Å². The van der Waals surface area contributed by atoms with Gasteiger partial charge in [0.15, 0.2) is 12.2 Å². The lowest BCUT2D eigenvalue weighted by Gasteiger charge is -2.15. The second kappa shape index (κ2) is 4.75. The minimum absolute atomic E-state index is 0.157. The molecule has 2 fully saturated rings. The smallest absolute Gasteiger partial charge is 0.404 e. The predicted octanol–water partition coefficient (Wildman–Crippen LogP) is 1.27. The van der Waals surface area contributed by atoms with Crippen LogP contribution in [-0.2, 0) is 18.9 Å². The maximum Gasteiger partial charge on any atom is 0.404 e. The molecule has 0 unspecified atom stereocenters. The van der Waals surface area contributed by atoms with E-state index in [2.05, 4.69) is 0 Å². The average molecular weight is 271 g/mol. The van der Waals surface area contributed by atoms with Gasteiger partial charge in [0.05, 0.1) is 13.2 Å². The van der Waals surface area contributed by atoms with E-state index in [4.69, 9.17) is 42.1 Å². The first kappa shape index (κ1) is 11.9. The summed E-state index contributed by atoms with van der Waals surface area (Å²) in [4.78, 5) is 21.1. The van der Waals surface area contributed by atoms with Crippen molar-refractivity contribution in [3.63, 3.8) is 0 Å². The standard InChI is InChI=1S/C8H8Cl2O6/c9-7(11)15-3-1-13-6-4(16-8(10)12)2-14-5(3)6/h3-6H,1-2H2/t3-,4-,5-,6+/m1/s1. The molecule has 0 N–H and O–H groups in total. The largest absolute Gasteiger partial charge is 0.445 e. The van der Waals surface area contributed by atoms with Crippen molar-refractivity contribution in [1.29, 1.82) is 0 Å². The average Bonchev–Trinajstić information content (AvgIpc) is 2.70. The van der Waals surface area contributed by atoms with Crippen LogP contribution in [0.2, 0.25) is 0 Å². The van der Waals surface area contributed by atoms with E-state index in [1.807, 2.05) is 0 Å². The molecule has 0 aromatic heterocycles. The van der Waals surface area contributed by atoms with Crippen LogP contribution < -0.4 is 0 Å². The van der Waals surface area contributed by atoms with E-state index in [1.165, 1.54) is 0 Å². The molecule has 0 amide bonds. The topological polar surface area (TPSA) is 71.1 Å². The molecule has 2 rings (SSSR count). The molecule has 16 heavy (non-hydrogen) atoms. The highest BCUT2D eigenvalue weighted by Gasteiger charge is 2.51. The molecule has 2 heterocycles. The van der Waals surface area contributed by atoms with Crippen molar-refractivity contribution >= 4 is 34.1 Å². The van der Waals surface area contributed by atoms with Crippen LogP contribution >= 0.6 is 23.2 Å². The highest BCUT2D eigenvalue weighted by atomic mass is 35.5. The summed E-state index contributed by atoms with van der Waals surface area (Å²) in [6, 6.07) is 0. The van der Waals surface area contributed by atoms with E-state index in [1.54, 1.807) is 0 Å². The molecule has 2 aliphatic heterocycles. The minimum atomic E-state index is -0.921. The van der Waals surface area contributed by atoms with Gasteiger partial charge in [0.25, 0.3) is 0 Å². The molecular weight excluding hydrogens is 263 g/mol. The normalized spacial score (nSPS) is 36.9. The zero-order chi connectivity index (χ0) is 11.7. The highest BCUT2D eigenvalue weighted by Crippen LogP contribution is 2.31. The monoisotopic (exact) mass is 270 g/mol. The maximum absolute atomic E-state index is 10.6. The quantitative estimate of drug-likeness (QED) is 0.704. The minimum Gasteiger partial charge on any atom is -0.445 e. The van der Waals surface area contributed by atoms with Crippen molar-refractivity contribution in [2.45, 2.75) is 24.4 Å². The van der Waals surface area contributed by atoms with Gasteiger partial charge in [-0.25, -0.2) is 9.59 Å². The van der Waals surface area contributed by atoms with Crippen molar-refractivity contribution in [2.24, 2.45) is 0 Å². The second-order valence-electron chi connectivity index (χ2n) is 3.38. The molecule has 0 aromatic rings. The zero-order valence-electron chi connectivity index (χ0n) is 7.93. The number of fused-ring (bicyclic) bond motifs is 1. The fourth-order valence-electron chi connectivity index (χ4n) is 1.87. The van der Waals surface area contributed by atoms with Crippen LogP contribution in [0.3, 0.4) is 0 Å². The Bertz CT molecular complexity index is 279. The van der Waals surface area contributed by atoms with Crippen molar-refractivity contribution in [3.05, 3.63) is 0 Å². The lowest BCUT2D eigenvalue weighted by atomic mass is 10.1. The summed E-state index contributed by atoms with van der Waals surface area (Å²) in [7, 11) is 0. The lowest BCUT2D eigenvalue weighted by Crippen LogP contribution is -2.34. The van der Waals surface area contributed by atoms with Crippen LogP contribution in [0, 0.1) is 0 Å². The van der Waals surface area contributed by atoms with Crippen LogP contribution in [0.5, 0.6) is 0 Å². The van der Waals surface area contributed by atoms with Gasteiger partial charge in [-0.3, -0.25) is 0 Å². The first-order valence-electron chi connectivity index (χ1n) is 4.53. The van der Waals surface area contributed by atoms with Gasteiger partial charge < -0.3 is 18.9 Å².